The van der Waals surface area contributed by atoms with Gasteiger partial charge in [-0.15, -0.1) is 11.3 Å². The van der Waals surface area contributed by atoms with E-state index in [1.807, 2.05) is 24.3 Å². The van der Waals surface area contributed by atoms with E-state index in [9.17, 15) is 13.2 Å². The summed E-state index contributed by atoms with van der Waals surface area (Å²) in [4.78, 5) is 13.2. The van der Waals surface area contributed by atoms with E-state index in [-0.39, 0.29) is 15.7 Å². The Bertz CT molecular complexity index is 958. The highest BCUT2D eigenvalue weighted by atomic mass is 32.2. The molecular weight excluding hydrogens is 418 g/mol. The van der Waals surface area contributed by atoms with E-state index in [0.717, 1.165) is 48.7 Å². The summed E-state index contributed by atoms with van der Waals surface area (Å²) in [6.45, 7) is 2.03. The van der Waals surface area contributed by atoms with E-state index >= 15 is 0 Å². The van der Waals surface area contributed by atoms with Crippen LogP contribution in [0.25, 0.3) is 0 Å². The number of carbonyl (C=O) groups is 1. The third-order valence-electron chi connectivity index (χ3n) is 5.98. The van der Waals surface area contributed by atoms with Gasteiger partial charge in [0.25, 0.3) is 5.91 Å². The molecule has 1 amide bonds. The van der Waals surface area contributed by atoms with Crippen molar-refractivity contribution >= 4 is 38.6 Å². The van der Waals surface area contributed by atoms with Crippen molar-refractivity contribution in [3.63, 3.8) is 0 Å². The van der Waals surface area contributed by atoms with Crippen molar-refractivity contribution in [1.29, 1.82) is 0 Å². The zero-order valence-corrected chi connectivity index (χ0v) is 18.7. The summed E-state index contributed by atoms with van der Waals surface area (Å²) in [5.74, 6) is 0.371. The highest BCUT2D eigenvalue weighted by Crippen LogP contribution is 2.29. The maximum Gasteiger partial charge on any atom is 0.267 e. The smallest absolute Gasteiger partial charge is 0.267 e. The topological polar surface area (TPSA) is 78.5 Å². The molecule has 0 spiro atoms. The van der Waals surface area contributed by atoms with Gasteiger partial charge in [0.1, 0.15) is 9.77 Å². The molecule has 2 fully saturated rings. The van der Waals surface area contributed by atoms with Crippen LogP contribution in [0.2, 0.25) is 0 Å². The van der Waals surface area contributed by atoms with Gasteiger partial charge in [-0.05, 0) is 67.3 Å². The van der Waals surface area contributed by atoms with E-state index < -0.39 is 10.0 Å². The van der Waals surface area contributed by atoms with Crippen molar-refractivity contribution in [2.75, 3.05) is 30.3 Å². The van der Waals surface area contributed by atoms with Crippen molar-refractivity contribution in [3.8, 4) is 0 Å². The molecule has 4 rings (SSSR count). The first kappa shape index (κ1) is 21.3. The summed E-state index contributed by atoms with van der Waals surface area (Å²) in [7, 11) is -3.64. The fraction of sp³-hybridized carbons (Fsp3) is 0.500. The molecule has 8 heteroatoms. The molecule has 2 aromatic rings. The third kappa shape index (κ3) is 4.87. The van der Waals surface area contributed by atoms with Crippen molar-refractivity contribution in [2.45, 2.75) is 49.8 Å². The van der Waals surface area contributed by atoms with Crippen molar-refractivity contribution < 1.29 is 13.2 Å². The maximum absolute atomic E-state index is 13.0. The van der Waals surface area contributed by atoms with Crippen LogP contribution in [0, 0.1) is 5.92 Å². The van der Waals surface area contributed by atoms with Crippen LogP contribution < -0.4 is 10.6 Å². The van der Waals surface area contributed by atoms with Gasteiger partial charge in [0, 0.05) is 31.0 Å². The number of anilines is 2. The second-order valence-electron chi connectivity index (χ2n) is 8.14. The van der Waals surface area contributed by atoms with Gasteiger partial charge in [-0.25, -0.2) is 8.42 Å². The molecular formula is C22H29N3O3S2. The molecule has 1 aromatic carbocycles. The van der Waals surface area contributed by atoms with Crippen LogP contribution in [0.5, 0.6) is 0 Å². The van der Waals surface area contributed by atoms with E-state index in [4.69, 9.17) is 0 Å². The Balaban J connectivity index is 1.40. The van der Waals surface area contributed by atoms with Crippen LogP contribution >= 0.6 is 11.3 Å². The second-order valence-corrected chi connectivity index (χ2v) is 11.0. The molecule has 1 aliphatic carbocycles. The van der Waals surface area contributed by atoms with Crippen LogP contribution in [0.15, 0.2) is 40.6 Å². The second kappa shape index (κ2) is 9.49. The van der Waals surface area contributed by atoms with E-state index in [0.29, 0.717) is 18.8 Å². The van der Waals surface area contributed by atoms with Crippen molar-refractivity contribution in [2.24, 2.45) is 5.92 Å². The van der Waals surface area contributed by atoms with Gasteiger partial charge >= 0.3 is 0 Å². The minimum absolute atomic E-state index is 0.113. The molecule has 2 aliphatic rings. The van der Waals surface area contributed by atoms with Crippen LogP contribution in [0.3, 0.4) is 0 Å². The van der Waals surface area contributed by atoms with Crippen LogP contribution in [-0.4, -0.2) is 38.3 Å². The minimum atomic E-state index is -3.64. The largest absolute Gasteiger partial charge is 0.385 e. The molecule has 1 saturated heterocycles. The van der Waals surface area contributed by atoms with E-state index in [1.54, 1.807) is 11.4 Å². The monoisotopic (exact) mass is 447 g/mol. The van der Waals surface area contributed by atoms with Crippen molar-refractivity contribution in [3.05, 3.63) is 40.6 Å². The number of hydrogen-bond acceptors (Lipinski definition) is 5. The molecule has 1 aliphatic heterocycles. The lowest BCUT2D eigenvalue weighted by atomic mass is 10.1. The first-order chi connectivity index (χ1) is 14.5. The number of rotatable bonds is 7. The minimum Gasteiger partial charge on any atom is -0.385 e. The molecule has 30 heavy (non-hydrogen) atoms. The summed E-state index contributed by atoms with van der Waals surface area (Å²) in [6, 6.07) is 9.14. The molecule has 0 atom stereocenters. The molecule has 1 aromatic heterocycles. The summed E-state index contributed by atoms with van der Waals surface area (Å²) in [5, 5.41) is 7.98. The van der Waals surface area contributed by atoms with E-state index in [1.165, 1.54) is 30.0 Å². The predicted molar refractivity (Wildman–Crippen MR) is 122 cm³/mol. The lowest BCUT2D eigenvalue weighted by molar-refractivity contribution is 0.102. The highest BCUT2D eigenvalue weighted by Gasteiger charge is 2.31. The lowest BCUT2D eigenvalue weighted by Crippen LogP contribution is -2.36. The molecule has 2 N–H and O–H groups in total. The quantitative estimate of drug-likeness (QED) is 0.640. The zero-order chi connectivity index (χ0) is 21.0. The molecule has 0 bridgehead atoms. The Kier molecular flexibility index (Phi) is 6.75. The Labute approximate surface area is 182 Å². The fourth-order valence-electron chi connectivity index (χ4n) is 4.25. The van der Waals surface area contributed by atoms with Gasteiger partial charge in [0.05, 0.1) is 0 Å². The molecule has 1 saturated carbocycles. The van der Waals surface area contributed by atoms with E-state index in [2.05, 4.69) is 10.6 Å². The maximum atomic E-state index is 13.0. The highest BCUT2D eigenvalue weighted by molar-refractivity contribution is 7.89. The number of sulfonamides is 1. The number of nitrogens with zero attached hydrogens (tertiary/aromatic N) is 1. The van der Waals surface area contributed by atoms with Crippen LogP contribution in [-0.2, 0) is 10.0 Å². The summed E-state index contributed by atoms with van der Waals surface area (Å²) in [6.07, 6.45) is 8.03. The number of piperidine rings is 1. The summed E-state index contributed by atoms with van der Waals surface area (Å²) >= 11 is 1.16. The first-order valence-electron chi connectivity index (χ1n) is 10.8. The van der Waals surface area contributed by atoms with Gasteiger partial charge in [-0.2, -0.15) is 4.31 Å². The lowest BCUT2D eigenvalue weighted by Gasteiger charge is -2.25. The SMILES string of the molecule is O=C(Nc1ccc(NCC2CCCC2)cc1)c1sccc1S(=O)(=O)N1CCCCC1. The number of nitrogens with one attached hydrogen (secondary N) is 2. The van der Waals surface area contributed by atoms with Gasteiger partial charge in [0.15, 0.2) is 0 Å². The van der Waals surface area contributed by atoms with Gasteiger partial charge in [0.2, 0.25) is 10.0 Å². The number of benzene rings is 1. The fourth-order valence-corrected chi connectivity index (χ4v) is 7.06. The summed E-state index contributed by atoms with van der Waals surface area (Å²) in [5.41, 5.74) is 1.69. The van der Waals surface area contributed by atoms with Crippen LogP contribution in [0.4, 0.5) is 11.4 Å². The molecule has 162 valence electrons. The Morgan fingerprint density at radius 1 is 0.967 bits per heavy atom. The Morgan fingerprint density at radius 3 is 2.33 bits per heavy atom. The zero-order valence-electron chi connectivity index (χ0n) is 17.1. The van der Waals surface area contributed by atoms with Crippen LogP contribution in [0.1, 0.15) is 54.6 Å². The average Bonchev–Trinajstić information content (AvgIpc) is 3.46. The number of amides is 1. The Morgan fingerprint density at radius 2 is 1.63 bits per heavy atom. The third-order valence-corrected chi connectivity index (χ3v) is 8.96. The predicted octanol–water partition coefficient (Wildman–Crippen LogP) is 4.78. The first-order valence-corrected chi connectivity index (χ1v) is 13.1. The van der Waals surface area contributed by atoms with Gasteiger partial charge in [-0.3, -0.25) is 4.79 Å². The number of hydrogen-bond donors (Lipinski definition) is 2. The molecule has 0 radical (unpaired) electrons. The normalized spacial score (nSPS) is 18.4. The molecule has 6 nitrogen and oxygen atoms in total. The Hall–Kier alpha value is -1.90. The van der Waals surface area contributed by atoms with Gasteiger partial charge < -0.3 is 10.6 Å². The standard InChI is InChI=1S/C22H29N3O3S2/c26-22(21-20(12-15-29-21)30(27,28)25-13-4-1-5-14-25)24-19-10-8-18(9-11-19)23-16-17-6-2-3-7-17/h8-12,15,17,23H,1-7,13-14,16H2,(H,24,26). The molecule has 0 unspecified atom stereocenters. The summed E-state index contributed by atoms with van der Waals surface area (Å²) < 4.78 is 27.5. The number of carbonyl (C=O) groups excluding carboxylic acids is 1. The molecule has 2 heterocycles. The van der Waals surface area contributed by atoms with Gasteiger partial charge in [-0.1, -0.05) is 19.3 Å². The number of thiophene rings is 1. The average molecular weight is 448 g/mol. The van der Waals surface area contributed by atoms with Crippen molar-refractivity contribution in [1.82, 2.24) is 4.31 Å².